The zero-order chi connectivity index (χ0) is 14.4. The minimum absolute atomic E-state index is 0.126. The first-order valence-electron chi connectivity index (χ1n) is 7.33. The van der Waals surface area contributed by atoms with E-state index in [1.807, 2.05) is 13.8 Å². The summed E-state index contributed by atoms with van der Waals surface area (Å²) in [6.07, 6.45) is 2.46. The van der Waals surface area contributed by atoms with Crippen molar-refractivity contribution in [1.82, 2.24) is 9.80 Å². The van der Waals surface area contributed by atoms with Gasteiger partial charge in [0.2, 0.25) is 11.8 Å². The van der Waals surface area contributed by atoms with Crippen LogP contribution in [-0.4, -0.2) is 59.4 Å². The van der Waals surface area contributed by atoms with E-state index in [1.165, 1.54) is 0 Å². The van der Waals surface area contributed by atoms with Crippen molar-refractivity contribution in [3.63, 3.8) is 0 Å². The Bertz CT molecular complexity index is 401. The summed E-state index contributed by atoms with van der Waals surface area (Å²) in [5.41, 5.74) is -1.09. The number of nitrogens with zero attached hydrogens (tertiary/aromatic N) is 2. The van der Waals surface area contributed by atoms with Gasteiger partial charge in [0.15, 0.2) is 0 Å². The van der Waals surface area contributed by atoms with Crippen molar-refractivity contribution < 1.29 is 19.1 Å². The van der Waals surface area contributed by atoms with Crippen LogP contribution in [0.2, 0.25) is 0 Å². The van der Waals surface area contributed by atoms with Gasteiger partial charge in [0, 0.05) is 38.8 Å². The number of hydrogen-bond acceptors (Lipinski definition) is 4. The fourth-order valence-electron chi connectivity index (χ4n) is 3.48. The zero-order valence-corrected chi connectivity index (χ0v) is 12.2. The summed E-state index contributed by atoms with van der Waals surface area (Å²) in [5.74, 6) is 0.252. The molecule has 3 saturated heterocycles. The van der Waals surface area contributed by atoms with Crippen LogP contribution in [0, 0.1) is 0 Å². The van der Waals surface area contributed by atoms with Crippen LogP contribution in [0.1, 0.15) is 39.5 Å². The van der Waals surface area contributed by atoms with E-state index >= 15 is 0 Å². The van der Waals surface area contributed by atoms with Crippen molar-refractivity contribution in [3.05, 3.63) is 0 Å². The van der Waals surface area contributed by atoms with Crippen molar-refractivity contribution in [2.75, 3.05) is 26.3 Å². The molecule has 2 atom stereocenters. The maximum atomic E-state index is 12.0. The van der Waals surface area contributed by atoms with Gasteiger partial charge in [0.1, 0.15) is 11.4 Å². The molecule has 20 heavy (non-hydrogen) atoms. The van der Waals surface area contributed by atoms with E-state index in [-0.39, 0.29) is 11.8 Å². The second-order valence-corrected chi connectivity index (χ2v) is 6.14. The Hall–Kier alpha value is -1.14. The van der Waals surface area contributed by atoms with Crippen LogP contribution in [0.5, 0.6) is 0 Å². The van der Waals surface area contributed by atoms with Crippen LogP contribution < -0.4 is 0 Å². The van der Waals surface area contributed by atoms with Crippen LogP contribution >= 0.6 is 0 Å². The maximum absolute atomic E-state index is 12.0. The summed E-state index contributed by atoms with van der Waals surface area (Å²) in [6, 6.07) is 0. The van der Waals surface area contributed by atoms with Gasteiger partial charge in [-0.3, -0.25) is 9.59 Å². The summed E-state index contributed by atoms with van der Waals surface area (Å²) in [6.45, 7) is 5.81. The molecular weight excluding hydrogens is 260 g/mol. The first-order chi connectivity index (χ1) is 9.45. The molecule has 0 aromatic rings. The zero-order valence-electron chi connectivity index (χ0n) is 12.2. The summed E-state index contributed by atoms with van der Waals surface area (Å²) in [7, 11) is 0. The molecule has 0 aromatic heterocycles. The van der Waals surface area contributed by atoms with E-state index in [0.29, 0.717) is 52.0 Å². The highest BCUT2D eigenvalue weighted by Crippen LogP contribution is 2.35. The van der Waals surface area contributed by atoms with E-state index in [9.17, 15) is 9.59 Å². The molecule has 6 nitrogen and oxygen atoms in total. The minimum atomic E-state index is -0.545. The molecule has 0 aliphatic carbocycles. The van der Waals surface area contributed by atoms with E-state index in [2.05, 4.69) is 0 Å². The number of carbonyl (C=O) groups is 2. The first-order valence-corrected chi connectivity index (χ1v) is 7.33. The summed E-state index contributed by atoms with van der Waals surface area (Å²) in [4.78, 5) is 27.5. The van der Waals surface area contributed by atoms with Crippen molar-refractivity contribution in [3.8, 4) is 0 Å². The highest BCUT2D eigenvalue weighted by Gasteiger charge is 2.46. The Labute approximate surface area is 119 Å². The largest absolute Gasteiger partial charge is 0.354 e. The molecule has 0 saturated carbocycles. The van der Waals surface area contributed by atoms with Gasteiger partial charge in [-0.25, -0.2) is 0 Å². The Balaban J connectivity index is 1.78. The van der Waals surface area contributed by atoms with E-state index in [0.717, 1.165) is 0 Å². The predicted molar refractivity (Wildman–Crippen MR) is 70.6 cm³/mol. The molecule has 3 fully saturated rings. The SMILES string of the molecule is C[C@@]12CCC(=O)N1CCO[C@@]1(C)CCC(=O)N1CCO2. The maximum Gasteiger partial charge on any atom is 0.225 e. The Morgan fingerprint density at radius 3 is 1.65 bits per heavy atom. The third-order valence-electron chi connectivity index (χ3n) is 4.81. The average molecular weight is 282 g/mol. The molecule has 6 heteroatoms. The van der Waals surface area contributed by atoms with Crippen LogP contribution in [0.15, 0.2) is 0 Å². The van der Waals surface area contributed by atoms with Crippen LogP contribution in [0.3, 0.4) is 0 Å². The number of ether oxygens (including phenoxy) is 2. The molecule has 3 aliphatic rings. The lowest BCUT2D eigenvalue weighted by Crippen LogP contribution is -2.53. The quantitative estimate of drug-likeness (QED) is 0.656. The van der Waals surface area contributed by atoms with Gasteiger partial charge >= 0.3 is 0 Å². The number of fused-ring (bicyclic) bond motifs is 2. The summed E-state index contributed by atoms with van der Waals surface area (Å²) < 4.78 is 11.9. The molecule has 3 rings (SSSR count). The molecule has 0 spiro atoms. The monoisotopic (exact) mass is 282 g/mol. The van der Waals surface area contributed by atoms with Crippen molar-refractivity contribution >= 4 is 11.8 Å². The summed E-state index contributed by atoms with van der Waals surface area (Å²) >= 11 is 0. The number of amides is 2. The molecule has 0 aromatic carbocycles. The van der Waals surface area contributed by atoms with Gasteiger partial charge in [-0.1, -0.05) is 0 Å². The lowest BCUT2D eigenvalue weighted by molar-refractivity contribution is -0.191. The van der Waals surface area contributed by atoms with Gasteiger partial charge in [-0.2, -0.15) is 0 Å². The number of rotatable bonds is 0. The van der Waals surface area contributed by atoms with Crippen LogP contribution in [0.25, 0.3) is 0 Å². The molecule has 2 amide bonds. The number of carbonyl (C=O) groups excluding carboxylic acids is 2. The molecule has 112 valence electrons. The second kappa shape index (κ2) is 4.70. The standard InChI is InChI=1S/C14H22N2O4/c1-13-5-3-11(17)15(13)7-10-20-14(2)6-4-12(18)16(14)8-9-19-13/h3-10H2,1-2H3/t13-,14+. The molecule has 0 N–H and O–H groups in total. The Morgan fingerprint density at radius 1 is 0.850 bits per heavy atom. The fraction of sp³-hybridized carbons (Fsp3) is 0.857. The topological polar surface area (TPSA) is 59.1 Å². The Kier molecular flexibility index (Phi) is 3.25. The minimum Gasteiger partial charge on any atom is -0.354 e. The van der Waals surface area contributed by atoms with E-state index < -0.39 is 11.4 Å². The van der Waals surface area contributed by atoms with E-state index in [1.54, 1.807) is 9.80 Å². The second-order valence-electron chi connectivity index (χ2n) is 6.14. The third kappa shape index (κ3) is 2.11. The van der Waals surface area contributed by atoms with Crippen LogP contribution in [-0.2, 0) is 19.1 Å². The van der Waals surface area contributed by atoms with Gasteiger partial charge < -0.3 is 19.3 Å². The molecule has 0 unspecified atom stereocenters. The molecule has 3 heterocycles. The lowest BCUT2D eigenvalue weighted by Gasteiger charge is -2.41. The van der Waals surface area contributed by atoms with Crippen molar-refractivity contribution in [2.45, 2.75) is 51.0 Å². The normalized spacial score (nSPS) is 38.9. The number of hydrogen-bond donors (Lipinski definition) is 0. The van der Waals surface area contributed by atoms with Gasteiger partial charge in [-0.05, 0) is 13.8 Å². The molecule has 0 bridgehead atoms. The average Bonchev–Trinajstić information content (AvgIpc) is 2.84. The van der Waals surface area contributed by atoms with Gasteiger partial charge in [-0.15, -0.1) is 0 Å². The van der Waals surface area contributed by atoms with Crippen LogP contribution in [0.4, 0.5) is 0 Å². The first kappa shape index (κ1) is 13.8. The molecular formula is C14H22N2O4. The fourth-order valence-corrected chi connectivity index (χ4v) is 3.48. The lowest BCUT2D eigenvalue weighted by atomic mass is 10.1. The van der Waals surface area contributed by atoms with Gasteiger partial charge in [0.25, 0.3) is 0 Å². The van der Waals surface area contributed by atoms with Crippen molar-refractivity contribution in [1.29, 1.82) is 0 Å². The Morgan fingerprint density at radius 2 is 1.25 bits per heavy atom. The third-order valence-corrected chi connectivity index (χ3v) is 4.81. The van der Waals surface area contributed by atoms with E-state index in [4.69, 9.17) is 9.47 Å². The highest BCUT2D eigenvalue weighted by molar-refractivity contribution is 5.80. The molecule has 3 aliphatic heterocycles. The van der Waals surface area contributed by atoms with Gasteiger partial charge in [0.05, 0.1) is 13.2 Å². The smallest absolute Gasteiger partial charge is 0.225 e. The van der Waals surface area contributed by atoms with Crippen molar-refractivity contribution in [2.24, 2.45) is 0 Å². The highest BCUT2D eigenvalue weighted by atomic mass is 16.5. The predicted octanol–water partition coefficient (Wildman–Crippen LogP) is 0.710. The molecule has 0 radical (unpaired) electrons. The summed E-state index contributed by atoms with van der Waals surface area (Å²) in [5, 5.41) is 0.